The number of alkyl halides is 3. The van der Waals surface area contributed by atoms with Gasteiger partial charge in [-0.3, -0.25) is 4.79 Å². The summed E-state index contributed by atoms with van der Waals surface area (Å²) < 4.78 is 4.19. The van der Waals surface area contributed by atoms with Crippen molar-refractivity contribution in [2.45, 2.75) is 9.83 Å². The SMILES string of the molecule is C=C1NC(=O)NC(c2ccc(Br)cc2)C1C(=O)OCC(Cl)(Cl)Cl. The summed E-state index contributed by atoms with van der Waals surface area (Å²) in [6.45, 7) is 3.32. The molecule has 1 aromatic rings. The first kappa shape index (κ1) is 18.4. The van der Waals surface area contributed by atoms with Gasteiger partial charge in [-0.05, 0) is 17.7 Å². The van der Waals surface area contributed by atoms with E-state index in [1.54, 1.807) is 24.3 Å². The maximum atomic E-state index is 12.4. The summed E-state index contributed by atoms with van der Waals surface area (Å²) in [5.74, 6) is -1.50. The van der Waals surface area contributed by atoms with Crippen LogP contribution in [0.2, 0.25) is 0 Å². The molecule has 2 atom stereocenters. The first-order valence-electron chi connectivity index (χ1n) is 6.42. The van der Waals surface area contributed by atoms with Gasteiger partial charge in [-0.2, -0.15) is 0 Å². The lowest BCUT2D eigenvalue weighted by atomic mass is 9.89. The van der Waals surface area contributed by atoms with Gasteiger partial charge >= 0.3 is 12.0 Å². The highest BCUT2D eigenvalue weighted by Gasteiger charge is 2.39. The van der Waals surface area contributed by atoms with Crippen LogP contribution in [0, 0.1) is 5.92 Å². The zero-order valence-electron chi connectivity index (χ0n) is 11.6. The predicted octanol–water partition coefficient (Wildman–Crippen LogP) is 3.85. The number of rotatable bonds is 3. The maximum absolute atomic E-state index is 12.4. The molecule has 1 aliphatic heterocycles. The number of urea groups is 1. The van der Waals surface area contributed by atoms with Crippen LogP contribution in [0.1, 0.15) is 11.6 Å². The minimum Gasteiger partial charge on any atom is -0.461 e. The number of amides is 2. The average molecular weight is 443 g/mol. The smallest absolute Gasteiger partial charge is 0.319 e. The van der Waals surface area contributed by atoms with Crippen LogP contribution < -0.4 is 10.6 Å². The highest BCUT2D eigenvalue weighted by Crippen LogP contribution is 2.32. The van der Waals surface area contributed by atoms with Crippen molar-refractivity contribution < 1.29 is 14.3 Å². The molecule has 23 heavy (non-hydrogen) atoms. The molecule has 1 fully saturated rings. The van der Waals surface area contributed by atoms with Crippen molar-refractivity contribution >= 4 is 62.7 Å². The van der Waals surface area contributed by atoms with E-state index in [9.17, 15) is 9.59 Å². The highest BCUT2D eigenvalue weighted by atomic mass is 79.9. The van der Waals surface area contributed by atoms with E-state index in [0.29, 0.717) is 0 Å². The second kappa shape index (κ2) is 7.30. The molecule has 5 nitrogen and oxygen atoms in total. The Kier molecular flexibility index (Phi) is 5.84. The zero-order valence-corrected chi connectivity index (χ0v) is 15.5. The van der Waals surface area contributed by atoms with Crippen molar-refractivity contribution in [1.29, 1.82) is 0 Å². The molecule has 2 unspecified atom stereocenters. The van der Waals surface area contributed by atoms with Gasteiger partial charge in [0.1, 0.15) is 12.5 Å². The van der Waals surface area contributed by atoms with Gasteiger partial charge in [0.05, 0.1) is 6.04 Å². The Labute approximate surface area is 156 Å². The van der Waals surface area contributed by atoms with E-state index in [4.69, 9.17) is 39.5 Å². The second-order valence-electron chi connectivity index (χ2n) is 4.85. The molecule has 1 aliphatic rings. The molecule has 0 bridgehead atoms. The summed E-state index contributed by atoms with van der Waals surface area (Å²) in [6, 6.07) is 6.08. The van der Waals surface area contributed by atoms with Gasteiger partial charge in [-0.15, -0.1) is 0 Å². The summed E-state index contributed by atoms with van der Waals surface area (Å²) in [4.78, 5) is 24.1. The fourth-order valence-electron chi connectivity index (χ4n) is 2.15. The number of carbonyl (C=O) groups is 2. The molecule has 124 valence electrons. The lowest BCUT2D eigenvalue weighted by molar-refractivity contribution is -0.148. The molecule has 0 aromatic heterocycles. The number of halogens is 4. The van der Waals surface area contributed by atoms with E-state index in [1.165, 1.54) is 0 Å². The Morgan fingerprint density at radius 3 is 2.48 bits per heavy atom. The number of hydrogen-bond donors (Lipinski definition) is 2. The summed E-state index contributed by atoms with van der Waals surface area (Å²) >= 11 is 20.1. The van der Waals surface area contributed by atoms with E-state index in [0.717, 1.165) is 10.0 Å². The fourth-order valence-corrected chi connectivity index (χ4v) is 2.58. The normalized spacial score (nSPS) is 21.4. The number of carbonyl (C=O) groups excluding carboxylic acids is 2. The van der Waals surface area contributed by atoms with E-state index >= 15 is 0 Å². The summed E-state index contributed by atoms with van der Waals surface area (Å²) in [5, 5.41) is 5.15. The van der Waals surface area contributed by atoms with Crippen LogP contribution in [-0.4, -0.2) is 22.4 Å². The summed E-state index contributed by atoms with van der Waals surface area (Å²) in [6.07, 6.45) is 0. The van der Waals surface area contributed by atoms with Gasteiger partial charge in [0.2, 0.25) is 3.79 Å². The molecular weight excluding hydrogens is 430 g/mol. The van der Waals surface area contributed by atoms with Crippen LogP contribution in [0.25, 0.3) is 0 Å². The molecule has 9 heteroatoms. The van der Waals surface area contributed by atoms with Gasteiger partial charge in [0, 0.05) is 10.2 Å². The van der Waals surface area contributed by atoms with Gasteiger partial charge < -0.3 is 15.4 Å². The number of ether oxygens (including phenoxy) is 1. The van der Waals surface area contributed by atoms with Crippen molar-refractivity contribution in [2.75, 3.05) is 6.61 Å². The van der Waals surface area contributed by atoms with Crippen LogP contribution in [0.4, 0.5) is 4.79 Å². The van der Waals surface area contributed by atoms with Crippen molar-refractivity contribution in [1.82, 2.24) is 10.6 Å². The Morgan fingerprint density at radius 2 is 1.91 bits per heavy atom. The summed E-state index contributed by atoms with van der Waals surface area (Å²) in [5.41, 5.74) is 0.941. The number of esters is 1. The largest absolute Gasteiger partial charge is 0.461 e. The Balaban J connectivity index is 2.24. The topological polar surface area (TPSA) is 67.4 Å². The van der Waals surface area contributed by atoms with Gasteiger partial charge in [-0.1, -0.05) is 69.4 Å². The lowest BCUT2D eigenvalue weighted by Gasteiger charge is -2.33. The van der Waals surface area contributed by atoms with Crippen molar-refractivity contribution in [3.63, 3.8) is 0 Å². The van der Waals surface area contributed by atoms with E-state index < -0.39 is 34.4 Å². The first-order valence-corrected chi connectivity index (χ1v) is 8.35. The van der Waals surface area contributed by atoms with Crippen molar-refractivity contribution in [2.24, 2.45) is 5.92 Å². The van der Waals surface area contributed by atoms with Gasteiger partial charge in [-0.25, -0.2) is 4.79 Å². The third-order valence-corrected chi connectivity index (χ3v) is 3.99. The third kappa shape index (κ3) is 5.01. The maximum Gasteiger partial charge on any atom is 0.319 e. The van der Waals surface area contributed by atoms with Crippen LogP contribution in [0.3, 0.4) is 0 Å². The first-order chi connectivity index (χ1) is 10.7. The third-order valence-electron chi connectivity index (χ3n) is 3.13. The highest BCUT2D eigenvalue weighted by molar-refractivity contribution is 9.10. The van der Waals surface area contributed by atoms with Gasteiger partial charge in [0.25, 0.3) is 0 Å². The molecule has 0 aliphatic carbocycles. The van der Waals surface area contributed by atoms with Crippen LogP contribution >= 0.6 is 50.7 Å². The molecule has 2 N–H and O–H groups in total. The minimum absolute atomic E-state index is 0.219. The van der Waals surface area contributed by atoms with Gasteiger partial charge in [0.15, 0.2) is 0 Å². The van der Waals surface area contributed by atoms with Crippen molar-refractivity contribution in [3.05, 3.63) is 46.6 Å². The monoisotopic (exact) mass is 440 g/mol. The standard InChI is InChI=1S/C14H12BrCl3N2O3/c1-7-10(12(21)23-6-14(16,17)18)11(20-13(22)19-7)8-2-4-9(15)5-3-8/h2-5,10-11H,1,6H2,(H2,19,20,22). The molecule has 1 aromatic carbocycles. The predicted molar refractivity (Wildman–Crippen MR) is 92.4 cm³/mol. The number of benzene rings is 1. The molecule has 0 spiro atoms. The lowest BCUT2D eigenvalue weighted by Crippen LogP contribution is -2.51. The van der Waals surface area contributed by atoms with Crippen LogP contribution in [-0.2, 0) is 9.53 Å². The average Bonchev–Trinajstić information content (AvgIpc) is 2.44. The van der Waals surface area contributed by atoms with Crippen LogP contribution in [0.15, 0.2) is 41.0 Å². The Bertz CT molecular complexity index is 631. The van der Waals surface area contributed by atoms with E-state index in [-0.39, 0.29) is 5.70 Å². The molecule has 2 amide bonds. The Hall–Kier alpha value is -0.950. The zero-order chi connectivity index (χ0) is 17.2. The second-order valence-corrected chi connectivity index (χ2v) is 8.29. The van der Waals surface area contributed by atoms with Crippen molar-refractivity contribution in [3.8, 4) is 0 Å². The number of hydrogen-bond acceptors (Lipinski definition) is 3. The molecular formula is C14H12BrCl3N2O3. The van der Waals surface area contributed by atoms with E-state index in [2.05, 4.69) is 33.1 Å². The molecule has 1 saturated heterocycles. The minimum atomic E-state index is -1.71. The number of nitrogens with one attached hydrogen (secondary N) is 2. The quantitative estimate of drug-likeness (QED) is 0.552. The fraction of sp³-hybridized carbons (Fsp3) is 0.286. The molecule has 0 radical (unpaired) electrons. The molecule has 1 heterocycles. The Morgan fingerprint density at radius 1 is 1.30 bits per heavy atom. The van der Waals surface area contributed by atoms with Crippen LogP contribution in [0.5, 0.6) is 0 Å². The van der Waals surface area contributed by atoms with E-state index in [1.807, 2.05) is 0 Å². The molecule has 0 saturated carbocycles. The molecule has 2 rings (SSSR count). The summed E-state index contributed by atoms with van der Waals surface area (Å²) in [7, 11) is 0.